The van der Waals surface area contributed by atoms with Gasteiger partial charge < -0.3 is 4.90 Å². The number of amides is 1. The largest absolute Gasteiger partial charge is 0.335 e. The molecule has 1 atom stereocenters. The Kier molecular flexibility index (Phi) is 2.61. The zero-order valence-corrected chi connectivity index (χ0v) is 8.67. The van der Waals surface area contributed by atoms with Gasteiger partial charge in [0.1, 0.15) is 5.67 Å². The zero-order valence-electron chi connectivity index (χ0n) is 8.67. The fourth-order valence-corrected chi connectivity index (χ4v) is 1.39. The lowest BCUT2D eigenvalue weighted by Crippen LogP contribution is -2.62. The number of rotatable bonds is 2. The van der Waals surface area contributed by atoms with E-state index in [9.17, 15) is 9.18 Å². The van der Waals surface area contributed by atoms with Gasteiger partial charge in [-0.05, 0) is 27.9 Å². The zero-order chi connectivity index (χ0) is 10.2. The average Bonchev–Trinajstić information content (AvgIpc) is 1.97. The van der Waals surface area contributed by atoms with Crippen molar-refractivity contribution < 1.29 is 9.18 Å². The maximum atomic E-state index is 13.1. The minimum atomic E-state index is -1.16. The molecule has 1 aliphatic rings. The minimum absolute atomic E-state index is 0.0140. The molecular weight excluding hydrogens is 171 g/mol. The third-order valence-corrected chi connectivity index (χ3v) is 2.48. The first-order valence-corrected chi connectivity index (χ1v) is 4.47. The number of halogens is 1. The molecule has 1 aliphatic heterocycles. The van der Waals surface area contributed by atoms with Crippen LogP contribution in [-0.2, 0) is 4.79 Å². The van der Waals surface area contributed by atoms with Crippen LogP contribution in [0.3, 0.4) is 0 Å². The molecule has 1 heterocycles. The molecule has 1 saturated heterocycles. The van der Waals surface area contributed by atoms with Crippen LogP contribution in [-0.4, -0.2) is 54.6 Å². The molecule has 1 fully saturated rings. The molecule has 0 radical (unpaired) electrons. The Hall–Kier alpha value is -0.640. The van der Waals surface area contributed by atoms with Gasteiger partial charge in [-0.1, -0.05) is 0 Å². The summed E-state index contributed by atoms with van der Waals surface area (Å²) in [5.74, 6) is 0.0140. The number of alkyl halides is 1. The van der Waals surface area contributed by atoms with Crippen molar-refractivity contribution >= 4 is 5.91 Å². The molecule has 0 bridgehead atoms. The lowest BCUT2D eigenvalue weighted by atomic mass is 9.98. The third-order valence-electron chi connectivity index (χ3n) is 2.48. The summed E-state index contributed by atoms with van der Waals surface area (Å²) < 4.78 is 13.1. The van der Waals surface area contributed by atoms with E-state index in [1.54, 1.807) is 4.90 Å². The summed E-state index contributed by atoms with van der Waals surface area (Å²) in [6, 6.07) is -0.156. The normalized spacial score (nSPS) is 22.8. The van der Waals surface area contributed by atoms with E-state index in [0.29, 0.717) is 0 Å². The average molecular weight is 188 g/mol. The molecule has 1 rings (SSSR count). The van der Waals surface area contributed by atoms with E-state index in [0.717, 1.165) is 0 Å². The van der Waals surface area contributed by atoms with Crippen LogP contribution < -0.4 is 0 Å². The van der Waals surface area contributed by atoms with Crippen LogP contribution >= 0.6 is 0 Å². The number of nitrogens with zero attached hydrogens (tertiary/aromatic N) is 2. The van der Waals surface area contributed by atoms with Gasteiger partial charge in [-0.25, -0.2) is 4.39 Å². The van der Waals surface area contributed by atoms with Gasteiger partial charge in [0.2, 0.25) is 5.91 Å². The Morgan fingerprint density at radius 2 is 2.00 bits per heavy atom. The lowest BCUT2D eigenvalue weighted by Gasteiger charge is -2.43. The predicted octanol–water partition coefficient (Wildman–Crippen LogP) is 0.507. The molecule has 0 saturated carbocycles. The number of likely N-dealkylation sites (N-methyl/N-ethyl adjacent to an activating group) is 1. The topological polar surface area (TPSA) is 23.6 Å². The van der Waals surface area contributed by atoms with E-state index in [1.807, 2.05) is 25.9 Å². The SMILES string of the molecule is C[C@@H](C(=O)N1CC(C)(F)C1)N(C)C. The van der Waals surface area contributed by atoms with Crippen molar-refractivity contribution in [1.29, 1.82) is 0 Å². The van der Waals surface area contributed by atoms with Gasteiger partial charge in [-0.2, -0.15) is 0 Å². The molecular formula is C9H17FN2O. The number of hydrogen-bond acceptors (Lipinski definition) is 2. The van der Waals surface area contributed by atoms with Crippen LogP contribution in [0.4, 0.5) is 4.39 Å². The van der Waals surface area contributed by atoms with E-state index >= 15 is 0 Å². The first-order chi connectivity index (χ1) is 5.83. The summed E-state index contributed by atoms with van der Waals surface area (Å²) in [5.41, 5.74) is -1.16. The van der Waals surface area contributed by atoms with Crippen molar-refractivity contribution in [3.8, 4) is 0 Å². The quantitative estimate of drug-likeness (QED) is 0.630. The smallest absolute Gasteiger partial charge is 0.239 e. The van der Waals surface area contributed by atoms with Crippen molar-refractivity contribution in [2.75, 3.05) is 27.2 Å². The summed E-state index contributed by atoms with van der Waals surface area (Å²) in [5, 5.41) is 0. The van der Waals surface area contributed by atoms with Crippen LogP contribution in [0.1, 0.15) is 13.8 Å². The highest BCUT2D eigenvalue weighted by atomic mass is 19.1. The monoisotopic (exact) mass is 188 g/mol. The van der Waals surface area contributed by atoms with E-state index in [4.69, 9.17) is 0 Å². The van der Waals surface area contributed by atoms with Crippen molar-refractivity contribution in [2.24, 2.45) is 0 Å². The molecule has 0 aromatic rings. The molecule has 0 aliphatic carbocycles. The fourth-order valence-electron chi connectivity index (χ4n) is 1.39. The molecule has 0 unspecified atom stereocenters. The van der Waals surface area contributed by atoms with Crippen molar-refractivity contribution in [1.82, 2.24) is 9.80 Å². The molecule has 13 heavy (non-hydrogen) atoms. The van der Waals surface area contributed by atoms with Crippen molar-refractivity contribution in [3.05, 3.63) is 0 Å². The predicted molar refractivity (Wildman–Crippen MR) is 49.2 cm³/mol. The van der Waals surface area contributed by atoms with Crippen molar-refractivity contribution in [3.63, 3.8) is 0 Å². The van der Waals surface area contributed by atoms with Gasteiger partial charge in [0.05, 0.1) is 19.1 Å². The number of likely N-dealkylation sites (tertiary alicyclic amines) is 1. The fraction of sp³-hybridized carbons (Fsp3) is 0.889. The van der Waals surface area contributed by atoms with Crippen LogP contribution in [0.2, 0.25) is 0 Å². The van der Waals surface area contributed by atoms with Crippen LogP contribution in [0.15, 0.2) is 0 Å². The van der Waals surface area contributed by atoms with E-state index in [-0.39, 0.29) is 25.0 Å². The summed E-state index contributed by atoms with van der Waals surface area (Å²) >= 11 is 0. The maximum Gasteiger partial charge on any atom is 0.239 e. The Morgan fingerprint density at radius 1 is 1.54 bits per heavy atom. The molecule has 0 spiro atoms. The summed E-state index contributed by atoms with van der Waals surface area (Å²) in [7, 11) is 3.69. The molecule has 0 aromatic carbocycles. The lowest BCUT2D eigenvalue weighted by molar-refractivity contribution is -0.148. The Morgan fingerprint density at radius 3 is 2.31 bits per heavy atom. The van der Waals surface area contributed by atoms with Gasteiger partial charge in [0.25, 0.3) is 0 Å². The van der Waals surface area contributed by atoms with Gasteiger partial charge >= 0.3 is 0 Å². The van der Waals surface area contributed by atoms with E-state index in [1.165, 1.54) is 6.92 Å². The second kappa shape index (κ2) is 3.25. The van der Waals surface area contributed by atoms with Crippen LogP contribution in [0.25, 0.3) is 0 Å². The molecule has 0 aromatic heterocycles. The molecule has 1 amide bonds. The third kappa shape index (κ3) is 2.18. The highest BCUT2D eigenvalue weighted by Gasteiger charge is 2.42. The second-order valence-corrected chi connectivity index (χ2v) is 4.25. The highest BCUT2D eigenvalue weighted by molar-refractivity contribution is 5.82. The Balaban J connectivity index is 2.43. The van der Waals surface area contributed by atoms with Crippen LogP contribution in [0, 0.1) is 0 Å². The summed E-state index contributed by atoms with van der Waals surface area (Å²) in [4.78, 5) is 15.0. The first kappa shape index (κ1) is 10.4. The molecule has 76 valence electrons. The van der Waals surface area contributed by atoms with Gasteiger partial charge in [-0.3, -0.25) is 9.69 Å². The van der Waals surface area contributed by atoms with Gasteiger partial charge in [0.15, 0.2) is 0 Å². The van der Waals surface area contributed by atoms with Crippen molar-refractivity contribution in [2.45, 2.75) is 25.6 Å². The van der Waals surface area contributed by atoms with Crippen LogP contribution in [0.5, 0.6) is 0 Å². The highest BCUT2D eigenvalue weighted by Crippen LogP contribution is 2.25. The first-order valence-electron chi connectivity index (χ1n) is 4.47. The molecule has 3 nitrogen and oxygen atoms in total. The maximum absolute atomic E-state index is 13.1. The van der Waals surface area contributed by atoms with E-state index < -0.39 is 5.67 Å². The Labute approximate surface area is 78.5 Å². The van der Waals surface area contributed by atoms with E-state index in [2.05, 4.69) is 0 Å². The standard InChI is InChI=1S/C9H17FN2O/c1-7(11(3)4)8(13)12-5-9(2,10)6-12/h7H,5-6H2,1-4H3/t7-/m0/s1. The van der Waals surface area contributed by atoms with Gasteiger partial charge in [-0.15, -0.1) is 0 Å². The number of carbonyl (C=O) groups is 1. The Bertz CT molecular complexity index is 208. The summed E-state index contributed by atoms with van der Waals surface area (Å²) in [6.07, 6.45) is 0. The number of hydrogen-bond donors (Lipinski definition) is 0. The molecule has 4 heteroatoms. The molecule has 0 N–H and O–H groups in total. The summed E-state index contributed by atoms with van der Waals surface area (Å²) in [6.45, 7) is 3.83. The number of carbonyl (C=O) groups excluding carboxylic acids is 1. The minimum Gasteiger partial charge on any atom is -0.335 e. The second-order valence-electron chi connectivity index (χ2n) is 4.25. The van der Waals surface area contributed by atoms with Gasteiger partial charge in [0, 0.05) is 0 Å².